The van der Waals surface area contributed by atoms with Crippen molar-refractivity contribution in [2.75, 3.05) is 23.3 Å². The highest BCUT2D eigenvalue weighted by molar-refractivity contribution is 7.10. The number of nitrogens with one attached hydrogen (secondary N) is 1. The van der Waals surface area contributed by atoms with Gasteiger partial charge in [0.15, 0.2) is 0 Å². The molecule has 0 spiro atoms. The second-order valence-corrected chi connectivity index (χ2v) is 5.87. The van der Waals surface area contributed by atoms with Crippen LogP contribution in [0.15, 0.2) is 23.6 Å². The van der Waals surface area contributed by atoms with Gasteiger partial charge in [-0.15, -0.1) is 11.3 Å². The molecule has 0 radical (unpaired) electrons. The van der Waals surface area contributed by atoms with Gasteiger partial charge in [0.05, 0.1) is 4.92 Å². The third-order valence-corrected chi connectivity index (χ3v) is 4.54. The van der Waals surface area contributed by atoms with E-state index in [2.05, 4.69) is 21.7 Å². The molecule has 7 heteroatoms. The summed E-state index contributed by atoms with van der Waals surface area (Å²) in [5.74, 6) is 1.13. The lowest BCUT2D eigenvalue weighted by atomic mass is 10.1. The third-order valence-electron chi connectivity index (χ3n) is 3.52. The number of hydrogen-bond acceptors (Lipinski definition) is 6. The first-order valence-corrected chi connectivity index (χ1v) is 7.76. The molecular formula is C14H16N4O2S. The molecule has 0 bridgehead atoms. The van der Waals surface area contributed by atoms with Gasteiger partial charge in [0, 0.05) is 30.6 Å². The molecule has 6 nitrogen and oxygen atoms in total. The highest BCUT2D eigenvalue weighted by Gasteiger charge is 2.25. The lowest BCUT2D eigenvalue weighted by Crippen LogP contribution is -2.30. The largest absolute Gasteiger partial charge is 0.370 e. The number of rotatable bonds is 4. The van der Waals surface area contributed by atoms with Crippen LogP contribution in [-0.2, 0) is 13.0 Å². The predicted octanol–water partition coefficient (Wildman–Crippen LogP) is 3.05. The normalized spacial score (nSPS) is 13.9. The highest BCUT2D eigenvalue weighted by Crippen LogP contribution is 2.33. The Morgan fingerprint density at radius 1 is 1.48 bits per heavy atom. The maximum atomic E-state index is 11.2. The van der Waals surface area contributed by atoms with Crippen molar-refractivity contribution in [3.63, 3.8) is 0 Å². The Hall–Kier alpha value is -2.15. The molecular weight excluding hydrogens is 288 g/mol. The highest BCUT2D eigenvalue weighted by atomic mass is 32.1. The van der Waals surface area contributed by atoms with Crippen LogP contribution in [0.1, 0.15) is 17.4 Å². The number of aromatic nitrogens is 1. The van der Waals surface area contributed by atoms with Gasteiger partial charge in [-0.1, -0.05) is 0 Å². The second kappa shape index (κ2) is 5.69. The molecule has 2 aromatic heterocycles. The van der Waals surface area contributed by atoms with Crippen molar-refractivity contribution in [3.8, 4) is 0 Å². The monoisotopic (exact) mass is 304 g/mol. The van der Waals surface area contributed by atoms with Crippen LogP contribution in [0.2, 0.25) is 0 Å². The topological polar surface area (TPSA) is 71.3 Å². The summed E-state index contributed by atoms with van der Waals surface area (Å²) < 4.78 is 0. The van der Waals surface area contributed by atoms with Crippen molar-refractivity contribution in [3.05, 3.63) is 44.1 Å². The molecule has 0 amide bonds. The van der Waals surface area contributed by atoms with E-state index in [-0.39, 0.29) is 10.6 Å². The van der Waals surface area contributed by atoms with E-state index in [9.17, 15) is 10.1 Å². The zero-order valence-corrected chi connectivity index (χ0v) is 12.5. The van der Waals surface area contributed by atoms with Crippen LogP contribution >= 0.6 is 11.3 Å². The summed E-state index contributed by atoms with van der Waals surface area (Å²) in [6.45, 7) is 4.15. The minimum Gasteiger partial charge on any atom is -0.370 e. The maximum absolute atomic E-state index is 11.2. The van der Waals surface area contributed by atoms with Gasteiger partial charge in [-0.05, 0) is 36.4 Å². The molecule has 0 unspecified atom stereocenters. The minimum atomic E-state index is -0.360. The molecule has 0 saturated heterocycles. The van der Waals surface area contributed by atoms with E-state index in [1.807, 2.05) is 11.8 Å². The van der Waals surface area contributed by atoms with Crippen LogP contribution in [0, 0.1) is 10.1 Å². The molecule has 2 aromatic rings. The molecule has 110 valence electrons. The summed E-state index contributed by atoms with van der Waals surface area (Å²) in [7, 11) is 0. The smallest absolute Gasteiger partial charge is 0.311 e. The van der Waals surface area contributed by atoms with Crippen molar-refractivity contribution in [1.82, 2.24) is 4.98 Å². The molecule has 21 heavy (non-hydrogen) atoms. The number of thiophene rings is 1. The Bertz CT molecular complexity index is 671. The molecule has 1 N–H and O–H groups in total. The van der Waals surface area contributed by atoms with Gasteiger partial charge in [0.2, 0.25) is 5.82 Å². The molecule has 0 saturated carbocycles. The summed E-state index contributed by atoms with van der Waals surface area (Å²) in [6.07, 6.45) is 0.914. The van der Waals surface area contributed by atoms with E-state index in [0.29, 0.717) is 18.2 Å². The fourth-order valence-corrected chi connectivity index (χ4v) is 3.41. The lowest BCUT2D eigenvalue weighted by Gasteiger charge is -2.27. The summed E-state index contributed by atoms with van der Waals surface area (Å²) in [5, 5.41) is 16.4. The summed E-state index contributed by atoms with van der Waals surface area (Å²) in [4.78, 5) is 18.7. The average Bonchev–Trinajstić information content (AvgIpc) is 2.94. The first-order chi connectivity index (χ1) is 10.2. The summed E-state index contributed by atoms with van der Waals surface area (Å²) >= 11 is 1.75. The minimum absolute atomic E-state index is 0.0651. The molecule has 0 aliphatic carbocycles. The number of hydrogen-bond donors (Lipinski definition) is 1. The van der Waals surface area contributed by atoms with Gasteiger partial charge >= 0.3 is 5.69 Å². The summed E-state index contributed by atoms with van der Waals surface area (Å²) in [6, 6.07) is 5.28. The lowest BCUT2D eigenvalue weighted by molar-refractivity contribution is -0.384. The zero-order valence-electron chi connectivity index (χ0n) is 11.7. The van der Waals surface area contributed by atoms with Crippen LogP contribution in [0.3, 0.4) is 0 Å². The Labute approximate surface area is 126 Å². The molecule has 1 aliphatic rings. The van der Waals surface area contributed by atoms with Crippen LogP contribution in [-0.4, -0.2) is 23.0 Å². The Morgan fingerprint density at radius 2 is 2.33 bits per heavy atom. The molecule has 1 aliphatic heterocycles. The second-order valence-electron chi connectivity index (χ2n) is 4.87. The van der Waals surface area contributed by atoms with Crippen LogP contribution < -0.4 is 10.2 Å². The number of pyridine rings is 1. The average molecular weight is 304 g/mol. The van der Waals surface area contributed by atoms with Crippen molar-refractivity contribution in [2.24, 2.45) is 0 Å². The van der Waals surface area contributed by atoms with Crippen molar-refractivity contribution >= 4 is 28.7 Å². The maximum Gasteiger partial charge on any atom is 0.311 e. The van der Waals surface area contributed by atoms with Gasteiger partial charge in [0.1, 0.15) is 5.82 Å². The van der Waals surface area contributed by atoms with Crippen LogP contribution in [0.5, 0.6) is 0 Å². The number of anilines is 2. The Kier molecular flexibility index (Phi) is 3.74. The van der Waals surface area contributed by atoms with Gasteiger partial charge in [0.25, 0.3) is 0 Å². The fraction of sp³-hybridized carbons (Fsp3) is 0.357. The number of nitro groups is 1. The third kappa shape index (κ3) is 2.69. The zero-order chi connectivity index (χ0) is 14.8. The van der Waals surface area contributed by atoms with E-state index in [1.165, 1.54) is 16.5 Å². The van der Waals surface area contributed by atoms with E-state index in [0.717, 1.165) is 19.5 Å². The van der Waals surface area contributed by atoms with Crippen LogP contribution in [0.4, 0.5) is 17.3 Å². The van der Waals surface area contributed by atoms with E-state index < -0.39 is 0 Å². The van der Waals surface area contributed by atoms with Gasteiger partial charge < -0.3 is 10.2 Å². The number of nitrogens with zero attached hydrogens (tertiary/aromatic N) is 3. The molecule has 3 heterocycles. The van der Waals surface area contributed by atoms with E-state index in [1.54, 1.807) is 17.4 Å². The SMILES string of the molecule is CCNc1ccc([N+](=O)[O-])c(N2CCc3sccc3C2)n1. The van der Waals surface area contributed by atoms with E-state index in [4.69, 9.17) is 0 Å². The van der Waals surface area contributed by atoms with Gasteiger partial charge in [-0.3, -0.25) is 10.1 Å². The Balaban J connectivity index is 1.96. The standard InChI is InChI=1S/C14H16N4O2S/c1-2-15-13-4-3-11(18(19)20)14(16-13)17-7-5-12-10(9-17)6-8-21-12/h3-4,6,8H,2,5,7,9H2,1H3,(H,15,16). The molecule has 3 rings (SSSR count). The number of fused-ring (bicyclic) bond motifs is 1. The predicted molar refractivity (Wildman–Crippen MR) is 84.1 cm³/mol. The fourth-order valence-electron chi connectivity index (χ4n) is 2.53. The van der Waals surface area contributed by atoms with Crippen molar-refractivity contribution < 1.29 is 4.92 Å². The summed E-state index contributed by atoms with van der Waals surface area (Å²) in [5.41, 5.74) is 1.31. The molecule has 0 atom stereocenters. The van der Waals surface area contributed by atoms with Crippen molar-refractivity contribution in [2.45, 2.75) is 19.9 Å². The van der Waals surface area contributed by atoms with Crippen molar-refractivity contribution in [1.29, 1.82) is 0 Å². The van der Waals surface area contributed by atoms with E-state index >= 15 is 0 Å². The first-order valence-electron chi connectivity index (χ1n) is 6.88. The van der Waals surface area contributed by atoms with Crippen LogP contribution in [0.25, 0.3) is 0 Å². The quantitative estimate of drug-likeness (QED) is 0.694. The Morgan fingerprint density at radius 3 is 3.10 bits per heavy atom. The van der Waals surface area contributed by atoms with Gasteiger partial charge in [-0.2, -0.15) is 0 Å². The van der Waals surface area contributed by atoms with Gasteiger partial charge in [-0.25, -0.2) is 4.98 Å². The molecule has 0 aromatic carbocycles. The first kappa shape index (κ1) is 13.8. The molecule has 0 fully saturated rings.